The Morgan fingerprint density at radius 1 is 1.00 bits per heavy atom. The molecule has 3 atom stereocenters. The molecule has 0 unspecified atom stereocenters. The van der Waals surface area contributed by atoms with Crippen LogP contribution in [0.5, 0.6) is 0 Å². The zero-order chi connectivity index (χ0) is 19.9. The third kappa shape index (κ3) is 3.57. The summed E-state index contributed by atoms with van der Waals surface area (Å²) in [5.41, 5.74) is 2.76. The molecule has 1 spiro atoms. The highest BCUT2D eigenvalue weighted by atomic mass is 16.5. The summed E-state index contributed by atoms with van der Waals surface area (Å²) in [7, 11) is 0. The second-order valence-electron chi connectivity index (χ2n) is 9.02. The molecule has 28 heavy (non-hydrogen) atoms. The second kappa shape index (κ2) is 7.51. The predicted molar refractivity (Wildman–Crippen MR) is 108 cm³/mol. The van der Waals surface area contributed by atoms with Crippen molar-refractivity contribution in [1.82, 2.24) is 9.80 Å². The third-order valence-electron chi connectivity index (χ3n) is 6.85. The van der Waals surface area contributed by atoms with Gasteiger partial charge in [0.25, 0.3) is 11.8 Å². The van der Waals surface area contributed by atoms with Crippen molar-refractivity contribution in [3.8, 4) is 0 Å². The highest BCUT2D eigenvalue weighted by Crippen LogP contribution is 2.43. The molecule has 5 heteroatoms. The molecule has 0 aliphatic carbocycles. The van der Waals surface area contributed by atoms with Crippen molar-refractivity contribution >= 4 is 11.8 Å². The number of carbonyl (C=O) groups excluding carboxylic acids is 2. The van der Waals surface area contributed by atoms with Gasteiger partial charge in [-0.05, 0) is 58.1 Å². The minimum Gasteiger partial charge on any atom is -0.362 e. The maximum atomic E-state index is 13.0. The number of benzene rings is 1. The molecule has 3 aliphatic heterocycles. The zero-order valence-corrected chi connectivity index (χ0v) is 17.4. The van der Waals surface area contributed by atoms with Gasteiger partial charge in [0.2, 0.25) is 0 Å². The van der Waals surface area contributed by atoms with E-state index >= 15 is 0 Å². The van der Waals surface area contributed by atoms with Gasteiger partial charge in [-0.15, -0.1) is 0 Å². The SMILES string of the molecule is Cc1cc(C)cc(C(=O)N2CC[C@]3(CC[C@@H](C(=O)N4CCCC4)O3)[C@@H](C)C2)c1. The van der Waals surface area contributed by atoms with Crippen LogP contribution in [0.25, 0.3) is 0 Å². The van der Waals surface area contributed by atoms with Gasteiger partial charge < -0.3 is 14.5 Å². The number of piperidine rings is 1. The normalized spacial score (nSPS) is 30.2. The van der Waals surface area contributed by atoms with E-state index in [0.717, 1.165) is 61.9 Å². The topological polar surface area (TPSA) is 49.9 Å². The molecule has 4 rings (SSSR count). The van der Waals surface area contributed by atoms with Crippen LogP contribution in [-0.4, -0.2) is 59.5 Å². The number of hydrogen-bond donors (Lipinski definition) is 0. The molecular formula is C23H32N2O3. The molecule has 1 aromatic rings. The smallest absolute Gasteiger partial charge is 0.253 e. The van der Waals surface area contributed by atoms with Crippen LogP contribution in [0.2, 0.25) is 0 Å². The van der Waals surface area contributed by atoms with E-state index < -0.39 is 0 Å². The molecule has 0 saturated carbocycles. The molecule has 3 heterocycles. The number of carbonyl (C=O) groups is 2. The number of nitrogens with zero attached hydrogens (tertiary/aromatic N) is 2. The van der Waals surface area contributed by atoms with Crippen molar-refractivity contribution in [2.75, 3.05) is 26.2 Å². The van der Waals surface area contributed by atoms with Crippen molar-refractivity contribution in [2.24, 2.45) is 5.92 Å². The van der Waals surface area contributed by atoms with Gasteiger partial charge in [0.1, 0.15) is 6.10 Å². The van der Waals surface area contributed by atoms with Crippen LogP contribution in [0, 0.1) is 19.8 Å². The summed E-state index contributed by atoms with van der Waals surface area (Å²) in [6, 6.07) is 6.04. The maximum Gasteiger partial charge on any atom is 0.253 e. The zero-order valence-electron chi connectivity index (χ0n) is 17.4. The predicted octanol–water partition coefficient (Wildman–Crippen LogP) is 3.33. The minimum absolute atomic E-state index is 0.108. The first-order valence-electron chi connectivity index (χ1n) is 10.7. The third-order valence-corrected chi connectivity index (χ3v) is 6.85. The lowest BCUT2D eigenvalue weighted by molar-refractivity contribution is -0.154. The molecule has 1 aromatic carbocycles. The molecule has 0 radical (unpaired) electrons. The first-order chi connectivity index (χ1) is 13.4. The summed E-state index contributed by atoms with van der Waals surface area (Å²) in [5, 5.41) is 0. The molecule has 0 aromatic heterocycles. The summed E-state index contributed by atoms with van der Waals surface area (Å²) in [4.78, 5) is 29.7. The van der Waals surface area contributed by atoms with Crippen LogP contribution in [0.15, 0.2) is 18.2 Å². The summed E-state index contributed by atoms with van der Waals surface area (Å²) >= 11 is 0. The van der Waals surface area contributed by atoms with Crippen LogP contribution in [0.4, 0.5) is 0 Å². The van der Waals surface area contributed by atoms with E-state index in [1.807, 2.05) is 35.8 Å². The molecule has 2 amide bonds. The summed E-state index contributed by atoms with van der Waals surface area (Å²) in [5.74, 6) is 0.513. The van der Waals surface area contributed by atoms with Crippen LogP contribution < -0.4 is 0 Å². The van der Waals surface area contributed by atoms with E-state index in [-0.39, 0.29) is 29.4 Å². The molecule has 152 valence electrons. The van der Waals surface area contributed by atoms with Crippen molar-refractivity contribution < 1.29 is 14.3 Å². The number of ether oxygens (including phenoxy) is 1. The Labute approximate surface area is 168 Å². The van der Waals surface area contributed by atoms with Gasteiger partial charge in [-0.25, -0.2) is 0 Å². The fourth-order valence-electron chi connectivity index (χ4n) is 5.26. The quantitative estimate of drug-likeness (QED) is 0.786. The molecule has 0 bridgehead atoms. The highest BCUT2D eigenvalue weighted by Gasteiger charge is 2.50. The Morgan fingerprint density at radius 3 is 2.32 bits per heavy atom. The fourth-order valence-corrected chi connectivity index (χ4v) is 5.26. The summed E-state index contributed by atoms with van der Waals surface area (Å²) in [6.07, 6.45) is 4.47. The van der Waals surface area contributed by atoms with E-state index in [0.29, 0.717) is 13.1 Å². The second-order valence-corrected chi connectivity index (χ2v) is 9.02. The molecule has 3 saturated heterocycles. The Hall–Kier alpha value is -1.88. The number of amides is 2. The van der Waals surface area contributed by atoms with E-state index in [1.165, 1.54) is 0 Å². The monoisotopic (exact) mass is 384 g/mol. The lowest BCUT2D eigenvalue weighted by atomic mass is 9.80. The van der Waals surface area contributed by atoms with Crippen LogP contribution in [0.3, 0.4) is 0 Å². The average molecular weight is 385 g/mol. The number of aryl methyl sites for hydroxylation is 2. The standard InChI is InChI=1S/C23H32N2O3/c1-16-12-17(2)14-19(13-16)21(26)25-11-8-23(18(3)15-25)7-6-20(28-23)22(27)24-9-4-5-10-24/h12-14,18,20H,4-11,15H2,1-3H3/t18-,20-,23+/m0/s1. The first kappa shape index (κ1) is 19.4. The van der Waals surface area contributed by atoms with E-state index in [2.05, 4.69) is 13.0 Å². The molecule has 3 aliphatic rings. The lowest BCUT2D eigenvalue weighted by Crippen LogP contribution is -2.53. The summed E-state index contributed by atoms with van der Waals surface area (Å²) < 4.78 is 6.42. The van der Waals surface area contributed by atoms with Gasteiger partial charge >= 0.3 is 0 Å². The fraction of sp³-hybridized carbons (Fsp3) is 0.652. The summed E-state index contributed by atoms with van der Waals surface area (Å²) in [6.45, 7) is 9.36. The van der Waals surface area contributed by atoms with Gasteiger partial charge in [-0.2, -0.15) is 0 Å². The van der Waals surface area contributed by atoms with Crippen molar-refractivity contribution in [1.29, 1.82) is 0 Å². The van der Waals surface area contributed by atoms with E-state index in [4.69, 9.17) is 4.74 Å². The van der Waals surface area contributed by atoms with Gasteiger partial charge in [0.05, 0.1) is 5.60 Å². The van der Waals surface area contributed by atoms with Crippen molar-refractivity contribution in [3.05, 3.63) is 34.9 Å². The molecule has 5 nitrogen and oxygen atoms in total. The number of likely N-dealkylation sites (tertiary alicyclic amines) is 2. The number of rotatable bonds is 2. The maximum absolute atomic E-state index is 13.0. The van der Waals surface area contributed by atoms with Crippen molar-refractivity contribution in [2.45, 2.75) is 64.6 Å². The number of hydrogen-bond acceptors (Lipinski definition) is 3. The van der Waals surface area contributed by atoms with Gasteiger partial charge in [0.15, 0.2) is 0 Å². The van der Waals surface area contributed by atoms with Gasteiger partial charge in [-0.3, -0.25) is 9.59 Å². The van der Waals surface area contributed by atoms with Crippen LogP contribution in [-0.2, 0) is 9.53 Å². The molecule has 0 N–H and O–H groups in total. The lowest BCUT2D eigenvalue weighted by Gasteiger charge is -2.44. The van der Waals surface area contributed by atoms with Crippen LogP contribution >= 0.6 is 0 Å². The Balaban J connectivity index is 1.41. The van der Waals surface area contributed by atoms with Gasteiger partial charge in [0, 0.05) is 37.7 Å². The van der Waals surface area contributed by atoms with Crippen LogP contribution in [0.1, 0.15) is 60.5 Å². The Kier molecular flexibility index (Phi) is 5.21. The highest BCUT2D eigenvalue weighted by molar-refractivity contribution is 5.94. The molecular weight excluding hydrogens is 352 g/mol. The average Bonchev–Trinajstić information content (AvgIpc) is 3.33. The van der Waals surface area contributed by atoms with E-state index in [9.17, 15) is 9.59 Å². The Bertz CT molecular complexity index is 751. The largest absolute Gasteiger partial charge is 0.362 e. The first-order valence-corrected chi connectivity index (χ1v) is 10.7. The minimum atomic E-state index is -0.290. The van der Waals surface area contributed by atoms with Crippen molar-refractivity contribution in [3.63, 3.8) is 0 Å². The Morgan fingerprint density at radius 2 is 1.68 bits per heavy atom. The molecule has 3 fully saturated rings. The van der Waals surface area contributed by atoms with Gasteiger partial charge in [-0.1, -0.05) is 24.1 Å². The van der Waals surface area contributed by atoms with E-state index in [1.54, 1.807) is 0 Å².